The Morgan fingerprint density at radius 3 is 2.42 bits per heavy atom. The summed E-state index contributed by atoms with van der Waals surface area (Å²) in [5, 5.41) is 0. The van der Waals surface area contributed by atoms with Crippen molar-refractivity contribution in [1.29, 1.82) is 0 Å². The number of aryl methyl sites for hydroxylation is 1. The van der Waals surface area contributed by atoms with Crippen LogP contribution in [0.1, 0.15) is 78.7 Å². The third-order valence-electron chi connectivity index (χ3n) is 8.75. The van der Waals surface area contributed by atoms with Crippen LogP contribution in [0.15, 0.2) is 70.6 Å². The molecule has 9 heteroatoms. The Bertz CT molecular complexity index is 1670. The topological polar surface area (TPSA) is 80.6 Å². The predicted molar refractivity (Wildman–Crippen MR) is 178 cm³/mol. The molecule has 2 unspecified atom stereocenters. The van der Waals surface area contributed by atoms with Gasteiger partial charge in [-0.1, -0.05) is 44.7 Å². The van der Waals surface area contributed by atoms with Gasteiger partial charge in [-0.3, -0.25) is 24.4 Å². The average Bonchev–Trinajstić information content (AvgIpc) is 3.50. The molecule has 6 rings (SSSR count). The van der Waals surface area contributed by atoms with E-state index < -0.39 is 0 Å². The van der Waals surface area contributed by atoms with Crippen LogP contribution in [0.2, 0.25) is 0 Å². The fraction of sp³-hybridized carbons (Fsp3) is 0.444. The van der Waals surface area contributed by atoms with Gasteiger partial charge in [0.15, 0.2) is 0 Å². The monoisotopic (exact) mass is 625 g/mol. The maximum absolute atomic E-state index is 12.6. The molecule has 0 aliphatic carbocycles. The van der Waals surface area contributed by atoms with Crippen LogP contribution in [0, 0.1) is 5.92 Å². The SMILES string of the molecule is CN(C)C1CC(Cn2c(C(C)(C)C)nc3cc(Sc4ccnc(CCCCN5C(=O)c6ccccc6C5=O)c4)ccc32)CCO1. The first-order chi connectivity index (χ1) is 21.6. The molecule has 236 valence electrons. The molecule has 0 spiro atoms. The maximum Gasteiger partial charge on any atom is 0.261 e. The minimum absolute atomic E-state index is 0.0716. The van der Waals surface area contributed by atoms with Crippen molar-refractivity contribution in [2.24, 2.45) is 5.92 Å². The molecule has 2 amide bonds. The highest BCUT2D eigenvalue weighted by molar-refractivity contribution is 7.99. The number of carbonyl (C=O) groups excluding carboxylic acids is 2. The van der Waals surface area contributed by atoms with E-state index in [1.54, 1.807) is 36.0 Å². The highest BCUT2D eigenvalue weighted by atomic mass is 32.2. The largest absolute Gasteiger partial charge is 0.363 e. The number of rotatable bonds is 10. The number of pyridine rings is 1. The Balaban J connectivity index is 1.10. The lowest BCUT2D eigenvalue weighted by Gasteiger charge is -2.34. The fourth-order valence-electron chi connectivity index (χ4n) is 6.37. The number of carbonyl (C=O) groups is 2. The van der Waals surface area contributed by atoms with Crippen LogP contribution < -0.4 is 0 Å². The van der Waals surface area contributed by atoms with Crippen molar-refractivity contribution >= 4 is 34.6 Å². The van der Waals surface area contributed by atoms with E-state index in [1.165, 1.54) is 10.4 Å². The molecule has 1 saturated heterocycles. The van der Waals surface area contributed by atoms with Crippen LogP contribution in [-0.4, -0.2) is 69.6 Å². The second kappa shape index (κ2) is 13.1. The lowest BCUT2D eigenvalue weighted by atomic mass is 9.94. The first-order valence-electron chi connectivity index (χ1n) is 16.0. The number of hydrogen-bond acceptors (Lipinski definition) is 7. The van der Waals surface area contributed by atoms with Crippen molar-refractivity contribution in [3.05, 3.63) is 83.4 Å². The molecule has 0 bridgehead atoms. The Hall–Kier alpha value is -3.53. The van der Waals surface area contributed by atoms with Gasteiger partial charge in [0, 0.05) is 46.8 Å². The van der Waals surface area contributed by atoms with Gasteiger partial charge in [0.05, 0.1) is 22.2 Å². The molecule has 45 heavy (non-hydrogen) atoms. The van der Waals surface area contributed by atoms with Gasteiger partial charge < -0.3 is 9.30 Å². The minimum atomic E-state index is -0.190. The first kappa shape index (κ1) is 31.5. The lowest BCUT2D eigenvalue weighted by Crippen LogP contribution is -2.38. The van der Waals surface area contributed by atoms with Crippen LogP contribution in [0.3, 0.4) is 0 Å². The van der Waals surface area contributed by atoms with E-state index in [2.05, 4.69) is 73.6 Å². The number of fused-ring (bicyclic) bond motifs is 2. The Labute approximate surface area is 270 Å². The van der Waals surface area contributed by atoms with Gasteiger partial charge in [-0.25, -0.2) is 4.98 Å². The predicted octanol–water partition coefficient (Wildman–Crippen LogP) is 6.81. The number of amides is 2. The van der Waals surface area contributed by atoms with Crippen LogP contribution >= 0.6 is 11.8 Å². The van der Waals surface area contributed by atoms with E-state index >= 15 is 0 Å². The second-order valence-electron chi connectivity index (χ2n) is 13.5. The van der Waals surface area contributed by atoms with Crippen LogP contribution in [0.4, 0.5) is 0 Å². The molecule has 1 fully saturated rings. The van der Waals surface area contributed by atoms with Gasteiger partial charge in [0.25, 0.3) is 11.8 Å². The summed E-state index contributed by atoms with van der Waals surface area (Å²) in [5.74, 6) is 1.29. The van der Waals surface area contributed by atoms with Crippen molar-refractivity contribution in [3.63, 3.8) is 0 Å². The van der Waals surface area contributed by atoms with E-state index in [4.69, 9.17) is 9.72 Å². The molecule has 4 heterocycles. The van der Waals surface area contributed by atoms with Gasteiger partial charge in [-0.15, -0.1) is 0 Å². The van der Waals surface area contributed by atoms with Crippen LogP contribution in [0.25, 0.3) is 11.0 Å². The molecule has 2 aliphatic heterocycles. The number of hydrogen-bond donors (Lipinski definition) is 0. The standard InChI is InChI=1S/C36H43N5O3S/c1-36(2,3)35-38-30-22-26(13-14-31(30)41(35)23-24-16-19-44-32(20-24)39(4)5)45-27-15-17-37-25(21-27)10-8-9-18-40-33(42)28-11-6-7-12-29(28)34(40)43/h6-7,11-15,17,21-22,24,32H,8-10,16,18-20,23H2,1-5H3. The normalized spacial score (nSPS) is 18.8. The summed E-state index contributed by atoms with van der Waals surface area (Å²) in [6.45, 7) is 8.90. The number of unbranched alkanes of at least 4 members (excludes halogenated alkanes) is 1. The lowest BCUT2D eigenvalue weighted by molar-refractivity contribution is -0.0850. The minimum Gasteiger partial charge on any atom is -0.363 e. The maximum atomic E-state index is 12.6. The van der Waals surface area contributed by atoms with E-state index in [0.717, 1.165) is 72.1 Å². The van der Waals surface area contributed by atoms with Crippen molar-refractivity contribution < 1.29 is 14.3 Å². The zero-order valence-corrected chi connectivity index (χ0v) is 27.8. The molecule has 4 aromatic rings. The highest BCUT2D eigenvalue weighted by Gasteiger charge is 2.34. The zero-order valence-electron chi connectivity index (χ0n) is 27.0. The molecule has 0 N–H and O–H groups in total. The van der Waals surface area contributed by atoms with Gasteiger partial charge in [-0.2, -0.15) is 0 Å². The van der Waals surface area contributed by atoms with Crippen molar-refractivity contribution in [2.45, 2.75) is 80.9 Å². The summed E-state index contributed by atoms with van der Waals surface area (Å²) in [7, 11) is 4.18. The quantitative estimate of drug-likeness (QED) is 0.141. The molecule has 2 aromatic heterocycles. The number of benzene rings is 2. The summed E-state index contributed by atoms with van der Waals surface area (Å²) in [6.07, 6.45) is 6.49. The summed E-state index contributed by atoms with van der Waals surface area (Å²) < 4.78 is 8.43. The van der Waals surface area contributed by atoms with Gasteiger partial charge in [-0.05, 0) is 94.6 Å². The number of imidazole rings is 1. The second-order valence-corrected chi connectivity index (χ2v) is 14.6. The third kappa shape index (κ3) is 6.86. The average molecular weight is 626 g/mol. The van der Waals surface area contributed by atoms with Gasteiger partial charge in [0.2, 0.25) is 0 Å². The van der Waals surface area contributed by atoms with Crippen LogP contribution in [-0.2, 0) is 23.1 Å². The number of ether oxygens (including phenoxy) is 1. The Morgan fingerprint density at radius 2 is 1.71 bits per heavy atom. The summed E-state index contributed by atoms with van der Waals surface area (Å²) in [6, 6.07) is 17.9. The molecule has 8 nitrogen and oxygen atoms in total. The van der Waals surface area contributed by atoms with Gasteiger partial charge >= 0.3 is 0 Å². The highest BCUT2D eigenvalue weighted by Crippen LogP contribution is 2.34. The van der Waals surface area contributed by atoms with Crippen molar-refractivity contribution in [1.82, 2.24) is 24.3 Å². The fourth-order valence-corrected chi connectivity index (χ4v) is 7.27. The molecule has 2 atom stereocenters. The molecule has 0 radical (unpaired) electrons. The van der Waals surface area contributed by atoms with Crippen molar-refractivity contribution in [2.75, 3.05) is 27.2 Å². The van der Waals surface area contributed by atoms with Crippen LogP contribution in [0.5, 0.6) is 0 Å². The zero-order chi connectivity index (χ0) is 31.7. The molecular formula is C36H43N5O3S. The molecule has 0 saturated carbocycles. The van der Waals surface area contributed by atoms with Gasteiger partial charge in [0.1, 0.15) is 12.1 Å². The summed E-state index contributed by atoms with van der Waals surface area (Å²) >= 11 is 1.72. The first-order valence-corrected chi connectivity index (χ1v) is 16.8. The summed E-state index contributed by atoms with van der Waals surface area (Å²) in [5.41, 5.74) is 4.17. The third-order valence-corrected chi connectivity index (χ3v) is 9.72. The molecule has 2 aliphatic rings. The van der Waals surface area contributed by atoms with Crippen molar-refractivity contribution in [3.8, 4) is 0 Å². The van der Waals surface area contributed by atoms with E-state index in [9.17, 15) is 9.59 Å². The number of aromatic nitrogens is 3. The number of nitrogens with zero attached hydrogens (tertiary/aromatic N) is 5. The Morgan fingerprint density at radius 1 is 0.978 bits per heavy atom. The summed E-state index contributed by atoms with van der Waals surface area (Å²) in [4.78, 5) is 40.9. The smallest absolute Gasteiger partial charge is 0.261 e. The van der Waals surface area contributed by atoms with E-state index in [-0.39, 0.29) is 23.5 Å². The molecular weight excluding hydrogens is 582 g/mol. The van der Waals surface area contributed by atoms with E-state index in [1.807, 2.05) is 12.3 Å². The molecule has 2 aromatic carbocycles. The number of imide groups is 1. The van der Waals surface area contributed by atoms with E-state index in [0.29, 0.717) is 23.6 Å². The Kier molecular flexibility index (Phi) is 9.13.